The number of fused-ring (bicyclic) bond motifs is 1. The Morgan fingerprint density at radius 2 is 1.82 bits per heavy atom. The minimum absolute atomic E-state index is 0.0377. The van der Waals surface area contributed by atoms with Crippen molar-refractivity contribution in [3.05, 3.63) is 88.5 Å². The molecule has 1 N–H and O–H groups in total. The molecule has 3 aromatic rings. The molecular weight excluding hydrogens is 577 g/mol. The number of aliphatic carboxylic acids is 1. The summed E-state index contributed by atoms with van der Waals surface area (Å²) in [5.74, 6) is -0.796. The zero-order chi connectivity index (χ0) is 29.1. The SMILES string of the molecule is CCN(CC)C(=O)C1=C(C)N=c2s/c(=C/c3cc(Cl)c(OCC(=O)O)c(Cl)c3)c(=O)n2[C@@H]1c1ccccc1OC. The summed E-state index contributed by atoms with van der Waals surface area (Å²) in [6.07, 6.45) is 1.62. The Kier molecular flexibility index (Phi) is 9.02. The zero-order valence-corrected chi connectivity index (χ0v) is 24.6. The van der Waals surface area contributed by atoms with Crippen LogP contribution in [0.15, 0.2) is 57.5 Å². The van der Waals surface area contributed by atoms with Gasteiger partial charge < -0.3 is 19.5 Å². The number of carboxylic acids is 1. The number of halogens is 2. The van der Waals surface area contributed by atoms with Gasteiger partial charge in [0.15, 0.2) is 17.2 Å². The second-order valence-corrected chi connectivity index (χ2v) is 10.6. The van der Waals surface area contributed by atoms with Crippen LogP contribution in [-0.4, -0.2) is 53.3 Å². The number of rotatable bonds is 9. The summed E-state index contributed by atoms with van der Waals surface area (Å²) in [6.45, 7) is 5.98. The van der Waals surface area contributed by atoms with Gasteiger partial charge >= 0.3 is 5.97 Å². The van der Waals surface area contributed by atoms with Crippen molar-refractivity contribution in [2.24, 2.45) is 4.99 Å². The van der Waals surface area contributed by atoms with E-state index < -0.39 is 18.6 Å². The molecule has 40 heavy (non-hydrogen) atoms. The molecule has 2 aromatic carbocycles. The molecule has 210 valence electrons. The Bertz CT molecular complexity index is 1670. The van der Waals surface area contributed by atoms with Crippen LogP contribution in [0.25, 0.3) is 6.08 Å². The van der Waals surface area contributed by atoms with E-state index in [1.165, 1.54) is 28.0 Å². The highest BCUT2D eigenvalue weighted by atomic mass is 35.5. The first kappa shape index (κ1) is 29.4. The van der Waals surface area contributed by atoms with Crippen LogP contribution in [0.1, 0.15) is 37.9 Å². The number of para-hydroxylation sites is 1. The van der Waals surface area contributed by atoms with Crippen molar-refractivity contribution < 1.29 is 24.2 Å². The highest BCUT2D eigenvalue weighted by Crippen LogP contribution is 2.36. The number of allylic oxidation sites excluding steroid dienone is 1. The third-order valence-corrected chi connectivity index (χ3v) is 7.94. The summed E-state index contributed by atoms with van der Waals surface area (Å²) in [6, 6.07) is 9.58. The van der Waals surface area contributed by atoms with Crippen molar-refractivity contribution in [3.63, 3.8) is 0 Å². The number of benzene rings is 2. The number of amides is 1. The largest absolute Gasteiger partial charge is 0.496 e. The monoisotopic (exact) mass is 603 g/mol. The van der Waals surface area contributed by atoms with Gasteiger partial charge in [-0.05, 0) is 50.6 Å². The van der Waals surface area contributed by atoms with Gasteiger partial charge in [-0.15, -0.1) is 0 Å². The zero-order valence-electron chi connectivity index (χ0n) is 22.2. The van der Waals surface area contributed by atoms with E-state index in [2.05, 4.69) is 4.99 Å². The van der Waals surface area contributed by atoms with Gasteiger partial charge in [-0.3, -0.25) is 14.2 Å². The molecule has 0 aliphatic carbocycles. The molecule has 0 unspecified atom stereocenters. The minimum atomic E-state index is -1.17. The number of carboxylic acid groups (broad SMARTS) is 1. The summed E-state index contributed by atoms with van der Waals surface area (Å²) in [5, 5.41) is 9.09. The maximum absolute atomic E-state index is 13.9. The smallest absolute Gasteiger partial charge is 0.341 e. The average molecular weight is 605 g/mol. The van der Waals surface area contributed by atoms with Gasteiger partial charge in [-0.25, -0.2) is 9.79 Å². The van der Waals surface area contributed by atoms with Crippen molar-refractivity contribution in [3.8, 4) is 11.5 Å². The van der Waals surface area contributed by atoms with Crippen LogP contribution in [-0.2, 0) is 9.59 Å². The molecule has 0 saturated heterocycles. The minimum Gasteiger partial charge on any atom is -0.496 e. The van der Waals surface area contributed by atoms with Crippen molar-refractivity contribution in [1.29, 1.82) is 0 Å². The van der Waals surface area contributed by atoms with E-state index in [0.717, 1.165) is 0 Å². The highest BCUT2D eigenvalue weighted by molar-refractivity contribution is 7.07. The average Bonchev–Trinajstić information content (AvgIpc) is 3.21. The quantitative estimate of drug-likeness (QED) is 0.397. The van der Waals surface area contributed by atoms with E-state index in [9.17, 15) is 14.4 Å². The fraction of sp³-hybridized carbons (Fsp3) is 0.286. The Morgan fingerprint density at radius 1 is 1.18 bits per heavy atom. The topological polar surface area (TPSA) is 110 Å². The fourth-order valence-electron chi connectivity index (χ4n) is 4.55. The number of likely N-dealkylation sites (N-methyl/N-ethyl adjacent to an activating group) is 1. The van der Waals surface area contributed by atoms with Gasteiger partial charge in [0.05, 0.1) is 33.0 Å². The van der Waals surface area contributed by atoms with Crippen molar-refractivity contribution >= 4 is 52.5 Å². The number of carbonyl (C=O) groups excluding carboxylic acids is 1. The summed E-state index contributed by atoms with van der Waals surface area (Å²) in [7, 11) is 1.54. The van der Waals surface area contributed by atoms with Crippen molar-refractivity contribution in [2.75, 3.05) is 26.8 Å². The molecule has 1 amide bonds. The number of ether oxygens (including phenoxy) is 2. The molecule has 0 fully saturated rings. The lowest BCUT2D eigenvalue weighted by atomic mass is 9.94. The number of nitrogens with zero attached hydrogens (tertiary/aromatic N) is 3. The molecule has 12 heteroatoms. The highest BCUT2D eigenvalue weighted by Gasteiger charge is 2.35. The van der Waals surface area contributed by atoms with E-state index >= 15 is 0 Å². The first-order valence-corrected chi connectivity index (χ1v) is 14.0. The molecule has 0 bridgehead atoms. The summed E-state index contributed by atoms with van der Waals surface area (Å²) in [4.78, 5) is 45.3. The molecule has 1 aliphatic rings. The number of thiazole rings is 1. The lowest BCUT2D eigenvalue weighted by molar-refractivity contribution is -0.139. The Hall–Kier alpha value is -3.60. The lowest BCUT2D eigenvalue weighted by Gasteiger charge is -2.29. The molecule has 0 saturated carbocycles. The predicted octanol–water partition coefficient (Wildman–Crippen LogP) is 3.88. The summed E-state index contributed by atoms with van der Waals surface area (Å²) < 4.78 is 12.7. The number of methoxy groups -OCH3 is 1. The number of hydrogen-bond acceptors (Lipinski definition) is 7. The Morgan fingerprint density at radius 3 is 2.42 bits per heavy atom. The second kappa shape index (κ2) is 12.3. The van der Waals surface area contributed by atoms with Gasteiger partial charge in [0, 0.05) is 18.7 Å². The number of carbonyl (C=O) groups is 2. The van der Waals surface area contributed by atoms with Crippen LogP contribution in [0.4, 0.5) is 0 Å². The van der Waals surface area contributed by atoms with Crippen molar-refractivity contribution in [1.82, 2.24) is 9.47 Å². The summed E-state index contributed by atoms with van der Waals surface area (Å²) in [5.41, 5.74) is 1.74. The fourth-order valence-corrected chi connectivity index (χ4v) is 6.21. The number of hydrogen-bond donors (Lipinski definition) is 1. The first-order chi connectivity index (χ1) is 19.1. The van der Waals surface area contributed by atoms with Crippen molar-refractivity contribution in [2.45, 2.75) is 26.8 Å². The second-order valence-electron chi connectivity index (χ2n) is 8.80. The van der Waals surface area contributed by atoms with Gasteiger partial charge in [0.1, 0.15) is 11.8 Å². The molecule has 4 rings (SSSR count). The standard InChI is InChI=1S/C28H27Cl2N3O6S/c1-5-32(6-2)27(37)23-15(3)31-28-33(24(23)17-9-7-8-10-20(17)38-4)26(36)21(40-28)13-16-11-18(29)25(19(30)12-16)39-14-22(34)35/h7-13,24H,5-6,14H2,1-4H3,(H,34,35)/b21-13+/t24-/m1/s1. The molecule has 0 spiro atoms. The van der Waals surface area contributed by atoms with E-state index in [0.29, 0.717) is 50.6 Å². The normalized spacial score (nSPS) is 14.9. The maximum Gasteiger partial charge on any atom is 0.341 e. The predicted molar refractivity (Wildman–Crippen MR) is 154 cm³/mol. The van der Waals surface area contributed by atoms with E-state index in [1.54, 1.807) is 31.1 Å². The molecule has 1 aliphatic heterocycles. The first-order valence-electron chi connectivity index (χ1n) is 12.4. The van der Waals surface area contributed by atoms with Crippen LogP contribution in [0.2, 0.25) is 10.0 Å². The molecule has 9 nitrogen and oxygen atoms in total. The Labute approximate surface area is 244 Å². The Balaban J connectivity index is 1.91. The van der Waals surface area contributed by atoms with Crippen LogP contribution < -0.4 is 24.4 Å². The third-order valence-electron chi connectivity index (χ3n) is 6.39. The molecular formula is C28H27Cl2N3O6S. The molecule has 0 radical (unpaired) electrons. The van der Waals surface area contributed by atoms with E-state index in [4.69, 9.17) is 37.8 Å². The summed E-state index contributed by atoms with van der Waals surface area (Å²) >= 11 is 13.8. The van der Waals surface area contributed by atoms with Crippen LogP contribution in [0.3, 0.4) is 0 Å². The van der Waals surface area contributed by atoms with E-state index in [1.807, 2.05) is 32.0 Å². The van der Waals surface area contributed by atoms with Gasteiger partial charge in [0.25, 0.3) is 11.5 Å². The maximum atomic E-state index is 13.9. The van der Waals surface area contributed by atoms with E-state index in [-0.39, 0.29) is 27.3 Å². The molecule has 1 atom stereocenters. The molecule has 1 aromatic heterocycles. The number of aromatic nitrogens is 1. The van der Waals surface area contributed by atoms with Gasteiger partial charge in [-0.1, -0.05) is 52.7 Å². The molecule has 2 heterocycles. The lowest BCUT2D eigenvalue weighted by Crippen LogP contribution is -2.43. The van der Waals surface area contributed by atoms with Crippen LogP contribution in [0.5, 0.6) is 11.5 Å². The van der Waals surface area contributed by atoms with Crippen LogP contribution in [0, 0.1) is 0 Å². The van der Waals surface area contributed by atoms with Gasteiger partial charge in [0.2, 0.25) is 0 Å². The van der Waals surface area contributed by atoms with Gasteiger partial charge in [-0.2, -0.15) is 0 Å². The van der Waals surface area contributed by atoms with Crippen LogP contribution >= 0.6 is 34.5 Å². The third kappa shape index (κ3) is 5.65.